The monoisotopic (exact) mass is 215 g/mol. The van der Waals surface area contributed by atoms with Gasteiger partial charge in [0.15, 0.2) is 0 Å². The third kappa shape index (κ3) is 2.12. The van der Waals surface area contributed by atoms with E-state index in [0.29, 0.717) is 5.56 Å². The van der Waals surface area contributed by atoms with Gasteiger partial charge >= 0.3 is 0 Å². The molecule has 0 amide bonds. The van der Waals surface area contributed by atoms with Crippen LogP contribution < -0.4 is 5.73 Å². The van der Waals surface area contributed by atoms with Crippen LogP contribution in [0.2, 0.25) is 0 Å². The average Bonchev–Trinajstić information content (AvgIpc) is 2.33. The summed E-state index contributed by atoms with van der Waals surface area (Å²) in [6.45, 7) is 1.75. The first-order chi connectivity index (χ1) is 7.68. The lowest BCUT2D eigenvalue weighted by molar-refractivity contribution is 0.617. The van der Waals surface area contributed by atoms with E-state index in [9.17, 15) is 4.39 Å². The molecule has 2 aromatic rings. The van der Waals surface area contributed by atoms with Crippen LogP contribution in [0.1, 0.15) is 22.7 Å². The molecule has 0 heterocycles. The highest BCUT2D eigenvalue weighted by atomic mass is 19.1. The Morgan fingerprint density at radius 2 is 1.69 bits per heavy atom. The second-order valence-corrected chi connectivity index (χ2v) is 3.90. The average molecular weight is 215 g/mol. The maximum atomic E-state index is 13.1. The number of nitrogens with two attached hydrogens (primary N) is 1. The second-order valence-electron chi connectivity index (χ2n) is 3.90. The first-order valence-corrected chi connectivity index (χ1v) is 5.25. The summed E-state index contributed by atoms with van der Waals surface area (Å²) in [6, 6.07) is 14.6. The quantitative estimate of drug-likeness (QED) is 0.818. The van der Waals surface area contributed by atoms with Gasteiger partial charge in [0.2, 0.25) is 0 Å². The van der Waals surface area contributed by atoms with Crippen molar-refractivity contribution in [2.24, 2.45) is 5.73 Å². The topological polar surface area (TPSA) is 26.0 Å². The summed E-state index contributed by atoms with van der Waals surface area (Å²) in [6.07, 6.45) is 0. The summed E-state index contributed by atoms with van der Waals surface area (Å²) < 4.78 is 13.1. The molecule has 0 spiro atoms. The molecule has 16 heavy (non-hydrogen) atoms. The van der Waals surface area contributed by atoms with Crippen molar-refractivity contribution >= 4 is 0 Å². The molecule has 2 aromatic carbocycles. The zero-order valence-electron chi connectivity index (χ0n) is 9.15. The summed E-state index contributed by atoms with van der Waals surface area (Å²) >= 11 is 0. The Morgan fingerprint density at radius 3 is 2.31 bits per heavy atom. The van der Waals surface area contributed by atoms with Crippen LogP contribution in [0, 0.1) is 12.7 Å². The molecule has 0 saturated carbocycles. The molecule has 1 unspecified atom stereocenters. The minimum absolute atomic E-state index is 0.191. The Labute approximate surface area is 94.7 Å². The van der Waals surface area contributed by atoms with Crippen molar-refractivity contribution in [3.05, 3.63) is 71.0 Å². The standard InChI is InChI=1S/C14H14FN/c1-10-9-12(7-8-13(10)15)14(16)11-5-3-2-4-6-11/h2-9,14H,16H2,1H3. The van der Waals surface area contributed by atoms with Gasteiger partial charge in [-0.05, 0) is 29.7 Å². The van der Waals surface area contributed by atoms with Crippen LogP contribution in [0.3, 0.4) is 0 Å². The van der Waals surface area contributed by atoms with Gasteiger partial charge in [0.1, 0.15) is 5.82 Å². The minimum Gasteiger partial charge on any atom is -0.320 e. The number of aryl methyl sites for hydroxylation is 1. The molecule has 0 fully saturated rings. The van der Waals surface area contributed by atoms with Crippen LogP contribution in [0.4, 0.5) is 4.39 Å². The van der Waals surface area contributed by atoms with Crippen molar-refractivity contribution in [3.63, 3.8) is 0 Å². The van der Waals surface area contributed by atoms with E-state index in [1.165, 1.54) is 6.07 Å². The Morgan fingerprint density at radius 1 is 1.00 bits per heavy atom. The van der Waals surface area contributed by atoms with Crippen molar-refractivity contribution in [3.8, 4) is 0 Å². The highest BCUT2D eigenvalue weighted by molar-refractivity contribution is 5.33. The second kappa shape index (κ2) is 4.45. The molecule has 82 valence electrons. The van der Waals surface area contributed by atoms with Crippen LogP contribution in [0.5, 0.6) is 0 Å². The molecule has 2 N–H and O–H groups in total. The van der Waals surface area contributed by atoms with Gasteiger partial charge in [-0.15, -0.1) is 0 Å². The Bertz CT molecular complexity index is 479. The number of hydrogen-bond donors (Lipinski definition) is 1. The molecular formula is C14H14FN. The van der Waals surface area contributed by atoms with Gasteiger partial charge in [-0.2, -0.15) is 0 Å². The minimum atomic E-state index is -0.194. The Balaban J connectivity index is 2.34. The highest BCUT2D eigenvalue weighted by Crippen LogP contribution is 2.21. The zero-order valence-corrected chi connectivity index (χ0v) is 9.15. The summed E-state index contributed by atoms with van der Waals surface area (Å²) in [5.41, 5.74) is 8.71. The number of hydrogen-bond acceptors (Lipinski definition) is 1. The van der Waals surface area contributed by atoms with Crippen LogP contribution in [-0.4, -0.2) is 0 Å². The molecule has 0 aliphatic carbocycles. The van der Waals surface area contributed by atoms with Crippen molar-refractivity contribution in [1.29, 1.82) is 0 Å². The van der Waals surface area contributed by atoms with E-state index in [1.807, 2.05) is 30.3 Å². The third-order valence-corrected chi connectivity index (χ3v) is 2.70. The molecule has 0 aromatic heterocycles. The molecular weight excluding hydrogens is 201 g/mol. The molecule has 2 rings (SSSR count). The van der Waals surface area contributed by atoms with Crippen LogP contribution in [-0.2, 0) is 0 Å². The van der Waals surface area contributed by atoms with Crippen LogP contribution in [0.25, 0.3) is 0 Å². The lowest BCUT2D eigenvalue weighted by Crippen LogP contribution is -2.11. The van der Waals surface area contributed by atoms with E-state index >= 15 is 0 Å². The van der Waals surface area contributed by atoms with E-state index in [-0.39, 0.29) is 11.9 Å². The largest absolute Gasteiger partial charge is 0.320 e. The maximum absolute atomic E-state index is 13.1. The lowest BCUT2D eigenvalue weighted by Gasteiger charge is -2.13. The molecule has 2 heteroatoms. The fourth-order valence-electron chi connectivity index (χ4n) is 1.71. The van der Waals surface area contributed by atoms with Crippen LogP contribution >= 0.6 is 0 Å². The van der Waals surface area contributed by atoms with Gasteiger partial charge in [-0.25, -0.2) is 4.39 Å². The summed E-state index contributed by atoms with van der Waals surface area (Å²) in [5.74, 6) is -0.191. The maximum Gasteiger partial charge on any atom is 0.126 e. The molecule has 0 bridgehead atoms. The molecule has 0 aliphatic heterocycles. The molecule has 1 nitrogen and oxygen atoms in total. The van der Waals surface area contributed by atoms with Gasteiger partial charge in [0.05, 0.1) is 6.04 Å². The fraction of sp³-hybridized carbons (Fsp3) is 0.143. The number of benzene rings is 2. The predicted octanol–water partition coefficient (Wildman–Crippen LogP) is 3.18. The van der Waals surface area contributed by atoms with E-state index in [0.717, 1.165) is 11.1 Å². The Hall–Kier alpha value is -1.67. The number of rotatable bonds is 2. The van der Waals surface area contributed by atoms with Gasteiger partial charge in [-0.3, -0.25) is 0 Å². The fourth-order valence-corrected chi connectivity index (χ4v) is 1.71. The van der Waals surface area contributed by atoms with Crippen molar-refractivity contribution < 1.29 is 4.39 Å². The predicted molar refractivity (Wildman–Crippen MR) is 63.6 cm³/mol. The van der Waals surface area contributed by atoms with E-state index < -0.39 is 0 Å². The molecule has 0 saturated heterocycles. The summed E-state index contributed by atoms with van der Waals surface area (Å²) in [7, 11) is 0. The van der Waals surface area contributed by atoms with Crippen molar-refractivity contribution in [1.82, 2.24) is 0 Å². The van der Waals surface area contributed by atoms with Crippen molar-refractivity contribution in [2.75, 3.05) is 0 Å². The molecule has 0 aliphatic rings. The smallest absolute Gasteiger partial charge is 0.126 e. The first-order valence-electron chi connectivity index (χ1n) is 5.25. The van der Waals surface area contributed by atoms with Gasteiger partial charge < -0.3 is 5.73 Å². The van der Waals surface area contributed by atoms with E-state index in [1.54, 1.807) is 19.1 Å². The molecule has 1 atom stereocenters. The Kier molecular flexibility index (Phi) is 3.02. The first kappa shape index (κ1) is 10.8. The summed E-state index contributed by atoms with van der Waals surface area (Å²) in [5, 5.41) is 0. The SMILES string of the molecule is Cc1cc(C(N)c2ccccc2)ccc1F. The summed E-state index contributed by atoms with van der Waals surface area (Å²) in [4.78, 5) is 0. The number of halogens is 1. The third-order valence-electron chi connectivity index (χ3n) is 2.70. The van der Waals surface area contributed by atoms with Gasteiger partial charge in [0, 0.05) is 0 Å². The van der Waals surface area contributed by atoms with Crippen molar-refractivity contribution in [2.45, 2.75) is 13.0 Å². The molecule has 0 radical (unpaired) electrons. The highest BCUT2D eigenvalue weighted by Gasteiger charge is 2.09. The van der Waals surface area contributed by atoms with Gasteiger partial charge in [0.25, 0.3) is 0 Å². The van der Waals surface area contributed by atoms with Gasteiger partial charge in [-0.1, -0.05) is 42.5 Å². The normalized spacial score (nSPS) is 12.4. The van der Waals surface area contributed by atoms with E-state index in [2.05, 4.69) is 0 Å². The van der Waals surface area contributed by atoms with E-state index in [4.69, 9.17) is 5.73 Å². The zero-order chi connectivity index (χ0) is 11.5. The van der Waals surface area contributed by atoms with Crippen LogP contribution in [0.15, 0.2) is 48.5 Å². The lowest BCUT2D eigenvalue weighted by atomic mass is 9.98.